The van der Waals surface area contributed by atoms with E-state index in [2.05, 4.69) is 15.6 Å². The van der Waals surface area contributed by atoms with Crippen LogP contribution in [0.1, 0.15) is 13.3 Å². The summed E-state index contributed by atoms with van der Waals surface area (Å²) in [6.45, 7) is 1.34. The summed E-state index contributed by atoms with van der Waals surface area (Å²) in [4.78, 5) is 27.9. The second-order valence-electron chi connectivity index (χ2n) is 5.99. The van der Waals surface area contributed by atoms with Crippen LogP contribution in [0.4, 0.5) is 19.6 Å². The van der Waals surface area contributed by atoms with Crippen LogP contribution in [0.3, 0.4) is 0 Å². The van der Waals surface area contributed by atoms with E-state index in [0.29, 0.717) is 27.2 Å². The van der Waals surface area contributed by atoms with E-state index in [1.165, 1.54) is 48.2 Å². The normalized spacial score (nSPS) is 10.6. The lowest BCUT2D eigenvalue weighted by Crippen LogP contribution is -2.12. The van der Waals surface area contributed by atoms with Gasteiger partial charge < -0.3 is 10.6 Å². The van der Waals surface area contributed by atoms with E-state index in [1.54, 1.807) is 29.6 Å². The van der Waals surface area contributed by atoms with Crippen LogP contribution in [-0.4, -0.2) is 22.6 Å². The van der Waals surface area contributed by atoms with Gasteiger partial charge in [-0.1, -0.05) is 12.1 Å². The van der Waals surface area contributed by atoms with Crippen molar-refractivity contribution in [3.8, 4) is 11.3 Å². The summed E-state index contributed by atoms with van der Waals surface area (Å²) < 4.78 is 27.9. The molecule has 0 spiro atoms. The average molecular weight is 434 g/mol. The van der Waals surface area contributed by atoms with E-state index in [-0.39, 0.29) is 29.6 Å². The number of nitrogens with one attached hydrogen (secondary N) is 2. The average Bonchev–Trinajstić information content (AvgIpc) is 3.11. The second kappa shape index (κ2) is 9.62. The molecule has 0 aliphatic carbocycles. The quantitative estimate of drug-likeness (QED) is 0.505. The molecule has 0 fully saturated rings. The Kier molecular flexibility index (Phi) is 6.95. The summed E-state index contributed by atoms with van der Waals surface area (Å²) >= 11 is 2.45. The molecule has 0 aliphatic rings. The molecule has 1 heterocycles. The van der Waals surface area contributed by atoms with Gasteiger partial charge in [0, 0.05) is 40.6 Å². The molecule has 0 bridgehead atoms. The summed E-state index contributed by atoms with van der Waals surface area (Å²) in [6, 6.07) is 10.7. The van der Waals surface area contributed by atoms with Gasteiger partial charge >= 0.3 is 0 Å². The van der Waals surface area contributed by atoms with Crippen molar-refractivity contribution in [2.45, 2.75) is 18.2 Å². The van der Waals surface area contributed by atoms with Gasteiger partial charge in [0.2, 0.25) is 11.8 Å². The summed E-state index contributed by atoms with van der Waals surface area (Å²) in [5, 5.41) is 7.18. The van der Waals surface area contributed by atoms with Gasteiger partial charge in [0.05, 0.1) is 5.69 Å². The number of anilines is 2. The van der Waals surface area contributed by atoms with E-state index in [9.17, 15) is 18.4 Å². The second-order valence-corrected chi connectivity index (χ2v) is 7.99. The SMILES string of the molecule is CC(=O)Nc1ccc(-c2csc(NC(=O)CCSc3ccccc3F)n2)c(F)c1. The Morgan fingerprint density at radius 3 is 2.62 bits per heavy atom. The van der Waals surface area contributed by atoms with Crippen LogP contribution < -0.4 is 10.6 Å². The van der Waals surface area contributed by atoms with Gasteiger partial charge in [-0.05, 0) is 30.3 Å². The highest BCUT2D eigenvalue weighted by Gasteiger charge is 2.13. The highest BCUT2D eigenvalue weighted by molar-refractivity contribution is 7.99. The number of aromatic nitrogens is 1. The first-order chi connectivity index (χ1) is 13.9. The fourth-order valence-electron chi connectivity index (χ4n) is 2.46. The van der Waals surface area contributed by atoms with E-state index >= 15 is 0 Å². The molecule has 0 radical (unpaired) electrons. The molecule has 9 heteroatoms. The Morgan fingerprint density at radius 1 is 1.10 bits per heavy atom. The van der Waals surface area contributed by atoms with Gasteiger partial charge in [0.1, 0.15) is 11.6 Å². The van der Waals surface area contributed by atoms with Crippen molar-refractivity contribution in [2.75, 3.05) is 16.4 Å². The third-order valence-corrected chi connectivity index (χ3v) is 5.55. The molecule has 2 aromatic carbocycles. The number of hydrogen-bond acceptors (Lipinski definition) is 5. The van der Waals surface area contributed by atoms with Crippen LogP contribution in [0.25, 0.3) is 11.3 Å². The lowest BCUT2D eigenvalue weighted by molar-refractivity contribution is -0.116. The van der Waals surface area contributed by atoms with Gasteiger partial charge in [-0.3, -0.25) is 9.59 Å². The minimum atomic E-state index is -0.527. The number of hydrogen-bond donors (Lipinski definition) is 2. The molecule has 0 saturated heterocycles. The van der Waals surface area contributed by atoms with Gasteiger partial charge in [0.15, 0.2) is 5.13 Å². The molecule has 0 aliphatic heterocycles. The zero-order chi connectivity index (χ0) is 20.8. The van der Waals surface area contributed by atoms with E-state index in [4.69, 9.17) is 0 Å². The highest BCUT2D eigenvalue weighted by atomic mass is 32.2. The van der Waals surface area contributed by atoms with Crippen molar-refractivity contribution in [2.24, 2.45) is 0 Å². The molecule has 1 aromatic heterocycles. The highest BCUT2D eigenvalue weighted by Crippen LogP contribution is 2.29. The molecule has 3 rings (SSSR count). The molecule has 29 heavy (non-hydrogen) atoms. The summed E-state index contributed by atoms with van der Waals surface area (Å²) in [5.74, 6) is -0.959. The van der Waals surface area contributed by atoms with Gasteiger partial charge in [-0.15, -0.1) is 23.1 Å². The zero-order valence-corrected chi connectivity index (χ0v) is 17.0. The fourth-order valence-corrected chi connectivity index (χ4v) is 4.07. The predicted molar refractivity (Wildman–Crippen MR) is 112 cm³/mol. The number of nitrogens with zero attached hydrogens (tertiary/aromatic N) is 1. The third-order valence-electron chi connectivity index (χ3n) is 3.74. The predicted octanol–water partition coefficient (Wildman–Crippen LogP) is 5.17. The number of thioether (sulfide) groups is 1. The van der Waals surface area contributed by atoms with Crippen LogP contribution in [0.5, 0.6) is 0 Å². The maximum Gasteiger partial charge on any atom is 0.226 e. The van der Waals surface area contributed by atoms with Crippen molar-refractivity contribution in [1.29, 1.82) is 0 Å². The molecular weight excluding hydrogens is 416 g/mol. The van der Waals surface area contributed by atoms with E-state index in [1.807, 2.05) is 0 Å². The minimum Gasteiger partial charge on any atom is -0.326 e. The summed E-state index contributed by atoms with van der Waals surface area (Å²) in [6.07, 6.45) is 0.188. The van der Waals surface area contributed by atoms with Gasteiger partial charge in [0.25, 0.3) is 0 Å². The minimum absolute atomic E-state index is 0.188. The Labute approximate surface area is 174 Å². The monoisotopic (exact) mass is 433 g/mol. The molecule has 3 aromatic rings. The Bertz CT molecular complexity index is 1040. The number of carbonyl (C=O) groups is 2. The van der Waals surface area contributed by atoms with Crippen LogP contribution in [0.15, 0.2) is 52.7 Å². The molecule has 5 nitrogen and oxygen atoms in total. The molecule has 0 unspecified atom stereocenters. The maximum atomic E-state index is 14.3. The van der Waals surface area contributed by atoms with Crippen molar-refractivity contribution < 1.29 is 18.4 Å². The van der Waals surface area contributed by atoms with Crippen LogP contribution >= 0.6 is 23.1 Å². The third kappa shape index (κ3) is 5.85. The molecule has 150 valence electrons. The molecule has 0 saturated carbocycles. The molecule has 0 atom stereocenters. The van der Waals surface area contributed by atoms with Gasteiger partial charge in [-0.2, -0.15) is 0 Å². The number of halogens is 2. The van der Waals surface area contributed by atoms with E-state index < -0.39 is 5.82 Å². The Morgan fingerprint density at radius 2 is 1.90 bits per heavy atom. The zero-order valence-electron chi connectivity index (χ0n) is 15.4. The first kappa shape index (κ1) is 20.9. The topological polar surface area (TPSA) is 71.1 Å². The summed E-state index contributed by atoms with van der Waals surface area (Å²) in [5.41, 5.74) is 1.01. The van der Waals surface area contributed by atoms with E-state index in [0.717, 1.165) is 0 Å². The lowest BCUT2D eigenvalue weighted by atomic mass is 10.1. The number of benzene rings is 2. The first-order valence-corrected chi connectivity index (χ1v) is 10.5. The van der Waals surface area contributed by atoms with Crippen molar-refractivity contribution in [1.82, 2.24) is 4.98 Å². The Hall–Kier alpha value is -2.78. The number of rotatable bonds is 7. The smallest absolute Gasteiger partial charge is 0.226 e. The van der Waals surface area contributed by atoms with Crippen LogP contribution in [0.2, 0.25) is 0 Å². The maximum absolute atomic E-state index is 14.3. The standard InChI is InChI=1S/C20H17F2N3O2S2/c1-12(26)23-13-6-7-14(16(22)10-13)17-11-29-20(24-17)25-19(27)8-9-28-18-5-3-2-4-15(18)21/h2-7,10-11H,8-9H2,1H3,(H,23,26)(H,24,25,27). The fraction of sp³-hybridized carbons (Fsp3) is 0.150. The molecule has 2 N–H and O–H groups in total. The number of amides is 2. The number of carbonyl (C=O) groups excluding carboxylic acids is 2. The van der Waals surface area contributed by atoms with Crippen molar-refractivity contribution >= 4 is 45.7 Å². The number of thiazole rings is 1. The largest absolute Gasteiger partial charge is 0.326 e. The molecular formula is C20H17F2N3O2S2. The molecule has 2 amide bonds. The van der Waals surface area contributed by atoms with Crippen molar-refractivity contribution in [3.63, 3.8) is 0 Å². The Balaban J connectivity index is 1.56. The lowest BCUT2D eigenvalue weighted by Gasteiger charge is -2.05. The van der Waals surface area contributed by atoms with Crippen LogP contribution in [0, 0.1) is 11.6 Å². The first-order valence-electron chi connectivity index (χ1n) is 8.62. The summed E-state index contributed by atoms with van der Waals surface area (Å²) in [7, 11) is 0. The van der Waals surface area contributed by atoms with Crippen molar-refractivity contribution in [3.05, 3.63) is 59.5 Å². The van der Waals surface area contributed by atoms with Gasteiger partial charge in [-0.25, -0.2) is 13.8 Å². The van der Waals surface area contributed by atoms with Crippen LogP contribution in [-0.2, 0) is 9.59 Å².